The summed E-state index contributed by atoms with van der Waals surface area (Å²) in [6.45, 7) is 0.177. The molecule has 126 valence electrons. The molecule has 2 atom stereocenters. The monoisotopic (exact) mass is 348 g/mol. The van der Waals surface area contributed by atoms with Crippen LogP contribution >= 0.6 is 21.6 Å². The predicted molar refractivity (Wildman–Crippen MR) is 91.8 cm³/mol. The number of nitrogens with two attached hydrogens (primary N) is 2. The Kier molecular flexibility index (Phi) is 9.14. The molecule has 1 rings (SSSR count). The molecule has 1 aliphatic rings. The van der Waals surface area contributed by atoms with E-state index in [2.05, 4.69) is 10.3 Å². The van der Waals surface area contributed by atoms with Crippen LogP contribution in [0.2, 0.25) is 0 Å². The van der Waals surface area contributed by atoms with Crippen LogP contribution in [0.3, 0.4) is 0 Å². The van der Waals surface area contributed by atoms with Crippen LogP contribution < -0.4 is 16.8 Å². The minimum Gasteiger partial charge on any atom is -0.480 e. The number of guanidine groups is 1. The first-order valence-electron chi connectivity index (χ1n) is 7.35. The molecular formula is C13H24N4O3S2. The summed E-state index contributed by atoms with van der Waals surface area (Å²) < 4.78 is 0. The fourth-order valence-corrected chi connectivity index (χ4v) is 5.10. The van der Waals surface area contributed by atoms with E-state index in [9.17, 15) is 9.59 Å². The van der Waals surface area contributed by atoms with Crippen molar-refractivity contribution >= 4 is 39.4 Å². The van der Waals surface area contributed by atoms with Gasteiger partial charge in [0.15, 0.2) is 5.96 Å². The molecule has 9 heteroatoms. The number of nitrogens with one attached hydrogen (secondary N) is 1. The second kappa shape index (κ2) is 10.6. The number of carboxylic acids is 1. The smallest absolute Gasteiger partial charge is 0.326 e. The topological polar surface area (TPSA) is 131 Å². The number of aliphatic imine (C=N–C) groups is 1. The van der Waals surface area contributed by atoms with Gasteiger partial charge in [0.2, 0.25) is 5.91 Å². The van der Waals surface area contributed by atoms with Gasteiger partial charge >= 0.3 is 5.97 Å². The highest BCUT2D eigenvalue weighted by Gasteiger charge is 2.19. The molecule has 1 fully saturated rings. The molecule has 0 bridgehead atoms. The summed E-state index contributed by atoms with van der Waals surface area (Å²) in [7, 11) is 3.84. The third kappa shape index (κ3) is 8.38. The van der Waals surface area contributed by atoms with E-state index in [1.54, 1.807) is 0 Å². The van der Waals surface area contributed by atoms with Gasteiger partial charge in [-0.2, -0.15) is 0 Å². The summed E-state index contributed by atoms with van der Waals surface area (Å²) in [5.41, 5.74) is 10.4. The first kappa shape index (κ1) is 19.0. The SMILES string of the molecule is NC(N)=NCC[C@H](NC(=O)CCCC[C@@H]1CCSS1)C(=O)O. The van der Waals surface area contributed by atoms with Gasteiger partial charge in [0.1, 0.15) is 6.04 Å². The van der Waals surface area contributed by atoms with Crippen LogP contribution in [0.1, 0.15) is 38.5 Å². The third-order valence-electron chi connectivity index (χ3n) is 3.25. The first-order chi connectivity index (χ1) is 10.5. The van der Waals surface area contributed by atoms with Gasteiger partial charge in [-0.25, -0.2) is 4.79 Å². The average Bonchev–Trinajstić information content (AvgIpc) is 2.95. The highest BCUT2D eigenvalue weighted by Crippen LogP contribution is 2.39. The summed E-state index contributed by atoms with van der Waals surface area (Å²) in [6.07, 6.45) is 4.68. The van der Waals surface area contributed by atoms with Gasteiger partial charge in [-0.05, 0) is 25.7 Å². The van der Waals surface area contributed by atoms with Crippen LogP contribution in [0, 0.1) is 0 Å². The van der Waals surface area contributed by atoms with Crippen LogP contribution in [-0.4, -0.2) is 46.5 Å². The minimum absolute atomic E-state index is 0.0848. The lowest BCUT2D eigenvalue weighted by molar-refractivity contribution is -0.142. The second-order valence-corrected chi connectivity index (χ2v) is 7.92. The lowest BCUT2D eigenvalue weighted by Crippen LogP contribution is -2.41. The van der Waals surface area contributed by atoms with Crippen LogP contribution in [0.4, 0.5) is 0 Å². The summed E-state index contributed by atoms with van der Waals surface area (Å²) in [5.74, 6) is -0.172. The number of nitrogens with zero attached hydrogens (tertiary/aromatic N) is 1. The first-order valence-corrected chi connectivity index (χ1v) is 9.73. The molecule has 0 aliphatic carbocycles. The molecule has 1 amide bonds. The molecule has 0 saturated carbocycles. The fraction of sp³-hybridized carbons (Fsp3) is 0.769. The Morgan fingerprint density at radius 2 is 2.14 bits per heavy atom. The van der Waals surface area contributed by atoms with Crippen molar-refractivity contribution in [3.05, 3.63) is 0 Å². The van der Waals surface area contributed by atoms with E-state index in [4.69, 9.17) is 16.6 Å². The Balaban J connectivity index is 2.18. The molecule has 6 N–H and O–H groups in total. The van der Waals surface area contributed by atoms with Crippen LogP contribution in [0.15, 0.2) is 4.99 Å². The van der Waals surface area contributed by atoms with Crippen LogP contribution in [0.5, 0.6) is 0 Å². The second-order valence-electron chi connectivity index (χ2n) is 5.13. The van der Waals surface area contributed by atoms with Crippen molar-refractivity contribution in [2.24, 2.45) is 16.5 Å². The molecule has 0 aromatic heterocycles. The lowest BCUT2D eigenvalue weighted by Gasteiger charge is -2.13. The molecule has 0 aromatic carbocycles. The van der Waals surface area contributed by atoms with Gasteiger partial charge in [0.25, 0.3) is 0 Å². The van der Waals surface area contributed by atoms with Gasteiger partial charge in [0, 0.05) is 24.0 Å². The summed E-state index contributed by atoms with van der Waals surface area (Å²) in [4.78, 5) is 26.6. The number of rotatable bonds is 10. The number of unbranched alkanes of at least 4 members (excludes halogenated alkanes) is 1. The largest absolute Gasteiger partial charge is 0.480 e. The highest BCUT2D eigenvalue weighted by atomic mass is 33.1. The molecule has 0 unspecified atom stereocenters. The van der Waals surface area contributed by atoms with Gasteiger partial charge < -0.3 is 21.9 Å². The van der Waals surface area contributed by atoms with E-state index < -0.39 is 12.0 Å². The summed E-state index contributed by atoms with van der Waals surface area (Å²) in [5, 5.41) is 12.3. The van der Waals surface area contributed by atoms with Crippen LogP contribution in [-0.2, 0) is 9.59 Å². The van der Waals surface area contributed by atoms with Gasteiger partial charge in [-0.3, -0.25) is 9.79 Å². The van der Waals surface area contributed by atoms with Gasteiger partial charge in [0.05, 0.1) is 0 Å². The van der Waals surface area contributed by atoms with Crippen molar-refractivity contribution < 1.29 is 14.7 Å². The standard InChI is InChI=1S/C13H24N4O3S2/c14-13(15)16-7-5-10(12(19)20)17-11(18)4-2-1-3-9-6-8-21-22-9/h9-10H,1-8H2,(H,17,18)(H,19,20)(H4,14,15,16)/t9-,10+/m1/s1. The maximum Gasteiger partial charge on any atom is 0.326 e. The molecule has 22 heavy (non-hydrogen) atoms. The third-order valence-corrected chi connectivity index (χ3v) is 6.26. The molecule has 0 radical (unpaired) electrons. The Labute approximate surface area is 138 Å². The van der Waals surface area contributed by atoms with E-state index >= 15 is 0 Å². The number of carboxylic acid groups (broad SMARTS) is 1. The zero-order chi connectivity index (χ0) is 16.4. The van der Waals surface area contributed by atoms with E-state index in [1.165, 1.54) is 12.2 Å². The van der Waals surface area contributed by atoms with Crippen molar-refractivity contribution in [2.45, 2.75) is 49.8 Å². The number of carbonyl (C=O) groups is 2. The number of amides is 1. The average molecular weight is 348 g/mol. The van der Waals surface area contributed by atoms with Crippen molar-refractivity contribution in [1.82, 2.24) is 5.32 Å². The number of hydrogen-bond acceptors (Lipinski definition) is 5. The van der Waals surface area contributed by atoms with Gasteiger partial charge in [-0.1, -0.05) is 28.0 Å². The number of carbonyl (C=O) groups excluding carboxylic acids is 1. The van der Waals surface area contributed by atoms with E-state index in [-0.39, 0.29) is 24.8 Å². The highest BCUT2D eigenvalue weighted by molar-refractivity contribution is 8.77. The maximum atomic E-state index is 11.8. The minimum atomic E-state index is -1.07. The Bertz CT molecular complexity index is 397. The molecule has 0 aromatic rings. The molecular weight excluding hydrogens is 324 g/mol. The zero-order valence-corrected chi connectivity index (χ0v) is 14.1. The van der Waals surface area contributed by atoms with E-state index in [0.29, 0.717) is 11.7 Å². The van der Waals surface area contributed by atoms with E-state index in [1.807, 2.05) is 21.6 Å². The summed E-state index contributed by atoms with van der Waals surface area (Å²) >= 11 is 0. The Hall–Kier alpha value is -1.09. The fourth-order valence-electron chi connectivity index (χ4n) is 2.07. The molecule has 1 aliphatic heterocycles. The number of aliphatic carboxylic acids is 1. The molecule has 1 heterocycles. The Morgan fingerprint density at radius 3 is 2.73 bits per heavy atom. The molecule has 7 nitrogen and oxygen atoms in total. The van der Waals surface area contributed by atoms with Crippen LogP contribution in [0.25, 0.3) is 0 Å². The summed E-state index contributed by atoms with van der Waals surface area (Å²) in [6, 6.07) is -0.947. The van der Waals surface area contributed by atoms with E-state index in [0.717, 1.165) is 19.3 Å². The quantitative estimate of drug-likeness (QED) is 0.200. The zero-order valence-electron chi connectivity index (χ0n) is 12.5. The number of hydrogen-bond donors (Lipinski definition) is 4. The van der Waals surface area contributed by atoms with Crippen molar-refractivity contribution in [3.63, 3.8) is 0 Å². The lowest BCUT2D eigenvalue weighted by atomic mass is 10.1. The van der Waals surface area contributed by atoms with Crippen molar-refractivity contribution in [1.29, 1.82) is 0 Å². The normalized spacial score (nSPS) is 18.6. The molecule has 0 spiro atoms. The Morgan fingerprint density at radius 1 is 1.36 bits per heavy atom. The predicted octanol–water partition coefficient (Wildman–Crippen LogP) is 0.933. The van der Waals surface area contributed by atoms with Crippen molar-refractivity contribution in [2.75, 3.05) is 12.3 Å². The molecule has 1 saturated heterocycles. The van der Waals surface area contributed by atoms with Gasteiger partial charge in [-0.15, -0.1) is 0 Å². The van der Waals surface area contributed by atoms with Crippen molar-refractivity contribution in [3.8, 4) is 0 Å². The maximum absolute atomic E-state index is 11.8.